The van der Waals surface area contributed by atoms with Crippen LogP contribution < -0.4 is 4.90 Å². The number of nitrogens with zero attached hydrogens (tertiary/aromatic N) is 1. The maximum Gasteiger partial charge on any atom is 0.0477 e. The van der Waals surface area contributed by atoms with E-state index in [4.69, 9.17) is 11.6 Å². The molecule has 1 atom stereocenters. The summed E-state index contributed by atoms with van der Waals surface area (Å²) in [6.07, 6.45) is 1.02. The normalized spacial score (nSPS) is 23.8. The molecule has 1 heterocycles. The second-order valence-corrected chi connectivity index (χ2v) is 5.59. The molecule has 0 amide bonds. The summed E-state index contributed by atoms with van der Waals surface area (Å²) >= 11 is 6.01. The van der Waals surface area contributed by atoms with Gasteiger partial charge in [0.25, 0.3) is 0 Å². The molecule has 1 saturated heterocycles. The monoisotopic (exact) mass is 239 g/mol. The van der Waals surface area contributed by atoms with Crippen molar-refractivity contribution >= 4 is 17.3 Å². The van der Waals surface area contributed by atoms with E-state index in [9.17, 15) is 5.11 Å². The van der Waals surface area contributed by atoms with Crippen LogP contribution in [0.3, 0.4) is 0 Å². The molecule has 2 rings (SSSR count). The van der Waals surface area contributed by atoms with Crippen molar-refractivity contribution < 1.29 is 5.11 Å². The lowest BCUT2D eigenvalue weighted by molar-refractivity contribution is 0.232. The summed E-state index contributed by atoms with van der Waals surface area (Å²) in [5, 5.41) is 10.0. The Morgan fingerprint density at radius 3 is 2.81 bits per heavy atom. The maximum atomic E-state index is 9.26. The Morgan fingerprint density at radius 1 is 1.50 bits per heavy atom. The van der Waals surface area contributed by atoms with E-state index in [1.54, 1.807) is 0 Å². The lowest BCUT2D eigenvalue weighted by atomic mass is 9.97. The number of benzene rings is 1. The van der Waals surface area contributed by atoms with Crippen LogP contribution in [0.15, 0.2) is 24.3 Å². The second-order valence-electron chi connectivity index (χ2n) is 5.16. The Morgan fingerprint density at radius 2 is 2.25 bits per heavy atom. The van der Waals surface area contributed by atoms with Crippen molar-refractivity contribution in [3.8, 4) is 0 Å². The molecule has 0 radical (unpaired) electrons. The average Bonchev–Trinajstić information content (AvgIpc) is 2.53. The molecular weight excluding hydrogens is 222 g/mol. The first-order chi connectivity index (χ1) is 7.53. The van der Waals surface area contributed by atoms with Gasteiger partial charge in [-0.2, -0.15) is 0 Å². The van der Waals surface area contributed by atoms with E-state index in [1.807, 2.05) is 18.2 Å². The van der Waals surface area contributed by atoms with Crippen molar-refractivity contribution in [2.75, 3.05) is 18.1 Å². The largest absolute Gasteiger partial charge is 0.396 e. The molecule has 1 aromatic rings. The zero-order valence-corrected chi connectivity index (χ0v) is 10.5. The van der Waals surface area contributed by atoms with Crippen LogP contribution in [0.1, 0.15) is 20.3 Å². The minimum absolute atomic E-state index is 0.0953. The van der Waals surface area contributed by atoms with Crippen molar-refractivity contribution in [3.05, 3.63) is 29.3 Å². The molecule has 1 N–H and O–H groups in total. The summed E-state index contributed by atoms with van der Waals surface area (Å²) in [6.45, 7) is 5.59. The number of hydrogen-bond donors (Lipinski definition) is 1. The Bertz CT molecular complexity index is 378. The highest BCUT2D eigenvalue weighted by molar-refractivity contribution is 6.30. The zero-order valence-electron chi connectivity index (χ0n) is 9.78. The van der Waals surface area contributed by atoms with E-state index in [-0.39, 0.29) is 12.1 Å². The molecule has 3 heteroatoms. The summed E-state index contributed by atoms with van der Waals surface area (Å²) in [6, 6.07) is 7.92. The lowest BCUT2D eigenvalue weighted by Crippen LogP contribution is -2.38. The fourth-order valence-corrected chi connectivity index (χ4v) is 2.79. The number of aliphatic hydroxyl groups is 1. The van der Waals surface area contributed by atoms with Crippen molar-refractivity contribution in [2.24, 2.45) is 5.92 Å². The molecule has 1 unspecified atom stereocenters. The SMILES string of the molecule is CC1(C)CC(CO)CN1c1cccc(Cl)c1. The fourth-order valence-electron chi connectivity index (χ4n) is 2.61. The van der Waals surface area contributed by atoms with Gasteiger partial charge >= 0.3 is 0 Å². The van der Waals surface area contributed by atoms with Gasteiger partial charge in [-0.15, -0.1) is 0 Å². The molecule has 0 aliphatic carbocycles. The van der Waals surface area contributed by atoms with E-state index < -0.39 is 0 Å². The van der Waals surface area contributed by atoms with Gasteiger partial charge in [0.1, 0.15) is 0 Å². The zero-order chi connectivity index (χ0) is 11.8. The predicted octanol–water partition coefficient (Wildman–Crippen LogP) is 2.94. The van der Waals surface area contributed by atoms with Crippen LogP contribution in [0.25, 0.3) is 0 Å². The molecule has 1 aliphatic rings. The van der Waals surface area contributed by atoms with E-state index in [2.05, 4.69) is 24.8 Å². The molecule has 2 nitrogen and oxygen atoms in total. The molecule has 0 bridgehead atoms. The molecule has 1 fully saturated rings. The molecule has 1 aromatic carbocycles. The standard InChI is InChI=1S/C13H18ClNO/c1-13(2)7-10(9-16)8-15(13)12-5-3-4-11(14)6-12/h3-6,10,16H,7-9H2,1-2H3. The van der Waals surface area contributed by atoms with Gasteiger partial charge in [0.2, 0.25) is 0 Å². The third kappa shape index (κ3) is 2.18. The highest BCUT2D eigenvalue weighted by Crippen LogP contribution is 2.37. The van der Waals surface area contributed by atoms with Crippen molar-refractivity contribution in [1.82, 2.24) is 0 Å². The molecule has 16 heavy (non-hydrogen) atoms. The first-order valence-corrected chi connectivity index (χ1v) is 6.05. The van der Waals surface area contributed by atoms with Gasteiger partial charge in [0.15, 0.2) is 0 Å². The highest BCUT2D eigenvalue weighted by Gasteiger charge is 2.37. The minimum atomic E-state index is 0.0953. The van der Waals surface area contributed by atoms with Crippen LogP contribution >= 0.6 is 11.6 Å². The van der Waals surface area contributed by atoms with Crippen LogP contribution in [-0.4, -0.2) is 23.8 Å². The molecule has 0 spiro atoms. The smallest absolute Gasteiger partial charge is 0.0477 e. The number of aliphatic hydroxyl groups excluding tert-OH is 1. The number of hydrogen-bond acceptors (Lipinski definition) is 2. The van der Waals surface area contributed by atoms with E-state index in [0.29, 0.717) is 5.92 Å². The van der Waals surface area contributed by atoms with Crippen molar-refractivity contribution in [3.63, 3.8) is 0 Å². The van der Waals surface area contributed by atoms with Crippen LogP contribution in [0.5, 0.6) is 0 Å². The Hall–Kier alpha value is -0.730. The Labute approximate surface area is 102 Å². The number of halogens is 1. The molecule has 0 saturated carbocycles. The average molecular weight is 240 g/mol. The maximum absolute atomic E-state index is 9.26. The highest BCUT2D eigenvalue weighted by atomic mass is 35.5. The van der Waals surface area contributed by atoms with Gasteiger partial charge < -0.3 is 10.0 Å². The van der Waals surface area contributed by atoms with Crippen LogP contribution in [0, 0.1) is 5.92 Å². The molecule has 0 aromatic heterocycles. The van der Waals surface area contributed by atoms with Gasteiger partial charge in [-0.05, 0) is 38.5 Å². The molecule has 88 valence electrons. The Kier molecular flexibility index (Phi) is 3.13. The van der Waals surface area contributed by atoms with Crippen molar-refractivity contribution in [2.45, 2.75) is 25.8 Å². The van der Waals surface area contributed by atoms with E-state index in [1.165, 1.54) is 0 Å². The fraction of sp³-hybridized carbons (Fsp3) is 0.538. The predicted molar refractivity (Wildman–Crippen MR) is 68.1 cm³/mol. The van der Waals surface area contributed by atoms with Gasteiger partial charge in [-0.1, -0.05) is 17.7 Å². The second kappa shape index (κ2) is 4.27. The third-order valence-corrected chi connectivity index (χ3v) is 3.57. The summed E-state index contributed by atoms with van der Waals surface area (Å²) in [5.41, 5.74) is 1.24. The number of rotatable bonds is 2. The quantitative estimate of drug-likeness (QED) is 0.858. The first-order valence-electron chi connectivity index (χ1n) is 5.67. The van der Waals surface area contributed by atoms with Crippen LogP contribution in [0.2, 0.25) is 5.02 Å². The first kappa shape index (κ1) is 11.7. The van der Waals surface area contributed by atoms with Crippen molar-refractivity contribution in [1.29, 1.82) is 0 Å². The van der Waals surface area contributed by atoms with E-state index in [0.717, 1.165) is 23.7 Å². The summed E-state index contributed by atoms with van der Waals surface area (Å²) in [4.78, 5) is 2.33. The van der Waals surface area contributed by atoms with Gasteiger partial charge in [-0.25, -0.2) is 0 Å². The lowest BCUT2D eigenvalue weighted by Gasteiger charge is -2.33. The van der Waals surface area contributed by atoms with Crippen LogP contribution in [-0.2, 0) is 0 Å². The van der Waals surface area contributed by atoms with Gasteiger partial charge in [-0.3, -0.25) is 0 Å². The van der Waals surface area contributed by atoms with Crippen LogP contribution in [0.4, 0.5) is 5.69 Å². The number of anilines is 1. The summed E-state index contributed by atoms with van der Waals surface area (Å²) < 4.78 is 0. The van der Waals surface area contributed by atoms with E-state index >= 15 is 0 Å². The minimum Gasteiger partial charge on any atom is -0.396 e. The summed E-state index contributed by atoms with van der Waals surface area (Å²) in [5.74, 6) is 0.369. The van der Waals surface area contributed by atoms with Gasteiger partial charge in [0.05, 0.1) is 0 Å². The Balaban J connectivity index is 2.27. The topological polar surface area (TPSA) is 23.5 Å². The summed E-state index contributed by atoms with van der Waals surface area (Å²) in [7, 11) is 0. The third-order valence-electron chi connectivity index (χ3n) is 3.34. The van der Waals surface area contributed by atoms with Gasteiger partial charge in [0, 0.05) is 35.3 Å². The molecule has 1 aliphatic heterocycles. The molecular formula is C13H18ClNO.